The number of para-hydroxylation sites is 1. The highest BCUT2D eigenvalue weighted by atomic mass is 35.5. The Morgan fingerprint density at radius 3 is 2.55 bits per heavy atom. The molecule has 1 fully saturated rings. The van der Waals surface area contributed by atoms with Crippen LogP contribution in [0.3, 0.4) is 0 Å². The van der Waals surface area contributed by atoms with Crippen molar-refractivity contribution in [3.8, 4) is 0 Å². The summed E-state index contributed by atoms with van der Waals surface area (Å²) in [5.74, 6) is 0.0534. The molecule has 1 aliphatic heterocycles. The van der Waals surface area contributed by atoms with E-state index >= 15 is 0 Å². The van der Waals surface area contributed by atoms with Gasteiger partial charge in [-0.15, -0.1) is 0 Å². The Kier molecular flexibility index (Phi) is 6.57. The summed E-state index contributed by atoms with van der Waals surface area (Å²) in [6, 6.07) is 12.5. The smallest absolute Gasteiger partial charge is 0.244 e. The number of piperazine rings is 1. The van der Waals surface area contributed by atoms with Crippen LogP contribution in [0.4, 0.5) is 0 Å². The number of aryl methyl sites for hydroxylation is 1. The Bertz CT molecular complexity index is 1200. The maximum absolute atomic E-state index is 12.9. The molecule has 2 heterocycles. The quantitative estimate of drug-likeness (QED) is 0.571. The number of halogens is 2. The fourth-order valence-electron chi connectivity index (χ4n) is 3.92. The Labute approximate surface area is 191 Å². The lowest BCUT2D eigenvalue weighted by molar-refractivity contribution is -0.132. The number of carbonyl (C=O) groups is 1. The zero-order chi connectivity index (χ0) is 22.0. The predicted octanol–water partition coefficient (Wildman–Crippen LogP) is 4.33. The molecule has 2 aromatic carbocycles. The number of nitrogens with one attached hydrogen (secondary N) is 1. The van der Waals surface area contributed by atoms with E-state index in [0.717, 1.165) is 18.4 Å². The molecule has 0 unspecified atom stereocenters. The third-order valence-electron chi connectivity index (χ3n) is 5.61. The van der Waals surface area contributed by atoms with Crippen molar-refractivity contribution >= 4 is 50.0 Å². The molecule has 0 radical (unpaired) electrons. The number of fused-ring (bicyclic) bond motifs is 1. The van der Waals surface area contributed by atoms with Crippen LogP contribution in [0.1, 0.15) is 18.4 Å². The molecule has 0 saturated carbocycles. The first-order valence-electron chi connectivity index (χ1n) is 10.1. The number of amides is 1. The topological polar surface area (TPSA) is 73.5 Å². The van der Waals surface area contributed by atoms with E-state index in [9.17, 15) is 13.2 Å². The average molecular weight is 480 g/mol. The highest BCUT2D eigenvalue weighted by molar-refractivity contribution is 7.89. The van der Waals surface area contributed by atoms with Gasteiger partial charge in [0.1, 0.15) is 4.90 Å². The van der Waals surface area contributed by atoms with E-state index in [4.69, 9.17) is 23.2 Å². The van der Waals surface area contributed by atoms with Crippen LogP contribution in [0.5, 0.6) is 0 Å². The lowest BCUT2D eigenvalue weighted by Gasteiger charge is -2.34. The number of nitrogens with zero attached hydrogens (tertiary/aromatic N) is 2. The molecular formula is C22H23Cl2N3O3S. The molecule has 6 nitrogen and oxygen atoms in total. The summed E-state index contributed by atoms with van der Waals surface area (Å²) < 4.78 is 27.2. The molecular weight excluding hydrogens is 457 g/mol. The van der Waals surface area contributed by atoms with E-state index < -0.39 is 10.0 Å². The Hall–Kier alpha value is -2.06. The van der Waals surface area contributed by atoms with Crippen molar-refractivity contribution in [2.24, 2.45) is 0 Å². The van der Waals surface area contributed by atoms with E-state index in [2.05, 4.69) is 11.1 Å². The SMILES string of the molecule is O=C(CCCc1c[nH]c2ccccc12)N1CCN(S(=O)(=O)c2cc(Cl)ccc2Cl)CC1. The van der Waals surface area contributed by atoms with Crippen LogP contribution in [-0.2, 0) is 21.2 Å². The number of sulfonamides is 1. The second-order valence-electron chi connectivity index (χ2n) is 7.57. The number of aromatic nitrogens is 1. The van der Waals surface area contributed by atoms with Gasteiger partial charge in [0.05, 0.1) is 5.02 Å². The second-order valence-corrected chi connectivity index (χ2v) is 10.3. The van der Waals surface area contributed by atoms with E-state index in [-0.39, 0.29) is 28.9 Å². The van der Waals surface area contributed by atoms with Gasteiger partial charge in [-0.2, -0.15) is 4.31 Å². The van der Waals surface area contributed by atoms with Gasteiger partial charge in [0.25, 0.3) is 0 Å². The van der Waals surface area contributed by atoms with Crippen molar-refractivity contribution in [2.45, 2.75) is 24.2 Å². The highest BCUT2D eigenvalue weighted by Crippen LogP contribution is 2.28. The van der Waals surface area contributed by atoms with Gasteiger partial charge >= 0.3 is 0 Å². The summed E-state index contributed by atoms with van der Waals surface area (Å²) in [5, 5.41) is 1.64. The van der Waals surface area contributed by atoms with Gasteiger partial charge in [-0.3, -0.25) is 4.79 Å². The summed E-state index contributed by atoms with van der Waals surface area (Å²) >= 11 is 12.0. The maximum atomic E-state index is 12.9. The van der Waals surface area contributed by atoms with Crippen LogP contribution < -0.4 is 0 Å². The molecule has 0 atom stereocenters. The zero-order valence-electron chi connectivity index (χ0n) is 16.9. The summed E-state index contributed by atoms with van der Waals surface area (Å²) in [6.45, 7) is 1.20. The molecule has 1 N–H and O–H groups in total. The average Bonchev–Trinajstić information content (AvgIpc) is 3.18. The predicted molar refractivity (Wildman–Crippen MR) is 123 cm³/mol. The molecule has 0 aliphatic carbocycles. The van der Waals surface area contributed by atoms with Crippen molar-refractivity contribution in [1.29, 1.82) is 0 Å². The molecule has 1 saturated heterocycles. The second kappa shape index (κ2) is 9.20. The molecule has 4 rings (SSSR count). The first-order valence-corrected chi connectivity index (χ1v) is 12.3. The van der Waals surface area contributed by atoms with Crippen molar-refractivity contribution < 1.29 is 13.2 Å². The first-order chi connectivity index (χ1) is 14.9. The maximum Gasteiger partial charge on any atom is 0.244 e. The number of H-pyrrole nitrogens is 1. The molecule has 1 aromatic heterocycles. The summed E-state index contributed by atoms with van der Waals surface area (Å²) in [5.41, 5.74) is 2.30. The Morgan fingerprint density at radius 2 is 1.77 bits per heavy atom. The molecule has 0 bridgehead atoms. The van der Waals surface area contributed by atoms with Crippen molar-refractivity contribution in [3.05, 3.63) is 64.3 Å². The molecule has 1 aliphatic rings. The van der Waals surface area contributed by atoms with Gasteiger partial charge in [0.15, 0.2) is 0 Å². The van der Waals surface area contributed by atoms with Crippen LogP contribution in [0.25, 0.3) is 10.9 Å². The molecule has 0 spiro atoms. The van der Waals surface area contributed by atoms with Gasteiger partial charge in [0, 0.05) is 54.7 Å². The third kappa shape index (κ3) is 4.75. The number of benzene rings is 2. The van der Waals surface area contributed by atoms with E-state index in [1.807, 2.05) is 24.4 Å². The van der Waals surface area contributed by atoms with E-state index in [1.165, 1.54) is 27.4 Å². The fraction of sp³-hybridized carbons (Fsp3) is 0.318. The van der Waals surface area contributed by atoms with E-state index in [1.54, 1.807) is 11.0 Å². The van der Waals surface area contributed by atoms with Gasteiger partial charge in [-0.05, 0) is 42.7 Å². The largest absolute Gasteiger partial charge is 0.361 e. The van der Waals surface area contributed by atoms with Crippen molar-refractivity contribution in [2.75, 3.05) is 26.2 Å². The highest BCUT2D eigenvalue weighted by Gasteiger charge is 2.31. The molecule has 3 aromatic rings. The van der Waals surface area contributed by atoms with Gasteiger partial charge in [-0.1, -0.05) is 41.4 Å². The summed E-state index contributed by atoms with van der Waals surface area (Å²) in [7, 11) is -3.76. The van der Waals surface area contributed by atoms with Crippen LogP contribution >= 0.6 is 23.2 Å². The van der Waals surface area contributed by atoms with Crippen molar-refractivity contribution in [1.82, 2.24) is 14.2 Å². The number of rotatable bonds is 6. The minimum absolute atomic E-state index is 0.000160. The Balaban J connectivity index is 1.31. The normalized spacial score (nSPS) is 15.5. The lowest BCUT2D eigenvalue weighted by atomic mass is 10.1. The van der Waals surface area contributed by atoms with Gasteiger partial charge < -0.3 is 9.88 Å². The minimum atomic E-state index is -3.76. The molecule has 31 heavy (non-hydrogen) atoms. The van der Waals surface area contributed by atoms with Crippen LogP contribution in [0.2, 0.25) is 10.0 Å². The van der Waals surface area contributed by atoms with E-state index in [0.29, 0.717) is 24.5 Å². The number of aromatic amines is 1. The monoisotopic (exact) mass is 479 g/mol. The number of carbonyl (C=O) groups excluding carboxylic acids is 1. The minimum Gasteiger partial charge on any atom is -0.361 e. The number of hydrogen-bond donors (Lipinski definition) is 1. The molecule has 9 heteroatoms. The zero-order valence-corrected chi connectivity index (χ0v) is 19.2. The van der Waals surface area contributed by atoms with Crippen molar-refractivity contribution in [3.63, 3.8) is 0 Å². The summed E-state index contributed by atoms with van der Waals surface area (Å²) in [6.07, 6.45) is 4.00. The fourth-order valence-corrected chi connectivity index (χ4v) is 6.08. The van der Waals surface area contributed by atoms with Gasteiger partial charge in [-0.25, -0.2) is 8.42 Å². The first kappa shape index (κ1) is 22.1. The van der Waals surface area contributed by atoms with Crippen LogP contribution in [0.15, 0.2) is 53.6 Å². The van der Waals surface area contributed by atoms with Crippen LogP contribution in [-0.4, -0.2) is 54.7 Å². The van der Waals surface area contributed by atoms with Gasteiger partial charge in [0.2, 0.25) is 15.9 Å². The molecule has 1 amide bonds. The number of hydrogen-bond acceptors (Lipinski definition) is 3. The molecule has 164 valence electrons. The lowest BCUT2D eigenvalue weighted by Crippen LogP contribution is -2.50. The summed E-state index contributed by atoms with van der Waals surface area (Å²) in [4.78, 5) is 17.6. The van der Waals surface area contributed by atoms with Crippen LogP contribution in [0, 0.1) is 0 Å². The standard InChI is InChI=1S/C22H23Cl2N3O3S/c23-17-8-9-19(24)21(14-17)31(29,30)27-12-10-26(11-13-27)22(28)7-3-4-16-15-25-20-6-2-1-5-18(16)20/h1-2,5-6,8-9,14-15,25H,3-4,7,10-13H2. The third-order valence-corrected chi connectivity index (χ3v) is 8.23. The Morgan fingerprint density at radius 1 is 1.03 bits per heavy atom.